The Morgan fingerprint density at radius 1 is 1.00 bits per heavy atom. The summed E-state index contributed by atoms with van der Waals surface area (Å²) < 4.78 is 5.67. The van der Waals surface area contributed by atoms with Crippen molar-refractivity contribution in [2.75, 3.05) is 5.32 Å². The molecule has 184 valence electrons. The zero-order valence-corrected chi connectivity index (χ0v) is 21.1. The Labute approximate surface area is 217 Å². The maximum atomic E-state index is 13.2. The van der Waals surface area contributed by atoms with E-state index in [9.17, 15) is 4.79 Å². The molecule has 1 heterocycles. The number of carbonyl (C=O) groups excluding carboxylic acids is 1. The van der Waals surface area contributed by atoms with Crippen LogP contribution < -0.4 is 5.32 Å². The smallest absolute Gasteiger partial charge is 0.355 e. The third-order valence-corrected chi connectivity index (χ3v) is 5.31. The molecule has 0 aliphatic rings. The lowest BCUT2D eigenvalue weighted by molar-refractivity contribution is -0.149. The molecule has 37 heavy (non-hydrogen) atoms. The number of hydrogen-bond donors (Lipinski definition) is 1. The summed E-state index contributed by atoms with van der Waals surface area (Å²) in [4.78, 5) is 26.3. The molecule has 0 atom stereocenters. The van der Waals surface area contributed by atoms with E-state index < -0.39 is 11.6 Å². The van der Waals surface area contributed by atoms with Crippen molar-refractivity contribution >= 4 is 23.6 Å². The number of ether oxygens (including phenoxy) is 1. The Hall–Kier alpha value is -4.76. The van der Waals surface area contributed by atoms with Gasteiger partial charge in [-0.15, -0.1) is 0 Å². The summed E-state index contributed by atoms with van der Waals surface area (Å²) in [6.07, 6.45) is 3.88. The Kier molecular flexibility index (Phi) is 7.75. The molecule has 0 radical (unpaired) electrons. The van der Waals surface area contributed by atoms with Gasteiger partial charge in [-0.2, -0.15) is 0 Å². The van der Waals surface area contributed by atoms with Gasteiger partial charge in [-0.1, -0.05) is 78.9 Å². The van der Waals surface area contributed by atoms with E-state index >= 15 is 0 Å². The molecule has 6 heteroatoms. The Morgan fingerprint density at radius 2 is 1.70 bits per heavy atom. The predicted molar refractivity (Wildman–Crippen MR) is 147 cm³/mol. The lowest BCUT2D eigenvalue weighted by atomic mass is 10.1. The van der Waals surface area contributed by atoms with Gasteiger partial charge in [0.1, 0.15) is 11.3 Å². The summed E-state index contributed by atoms with van der Waals surface area (Å²) in [7, 11) is 0. The number of nitrogens with one attached hydrogen (secondary N) is 1. The zero-order chi connectivity index (χ0) is 26.3. The summed E-state index contributed by atoms with van der Waals surface area (Å²) in [5, 5.41) is 3.19. The highest BCUT2D eigenvalue weighted by atomic mass is 16.6. The van der Waals surface area contributed by atoms with Crippen LogP contribution in [0.3, 0.4) is 0 Å². The van der Waals surface area contributed by atoms with Crippen LogP contribution in [-0.4, -0.2) is 21.5 Å². The van der Waals surface area contributed by atoms with Crippen LogP contribution in [0.25, 0.3) is 22.2 Å². The summed E-state index contributed by atoms with van der Waals surface area (Å²) >= 11 is 0. The molecule has 6 nitrogen and oxygen atoms in total. The van der Waals surface area contributed by atoms with Gasteiger partial charge >= 0.3 is 5.97 Å². The highest BCUT2D eigenvalue weighted by molar-refractivity contribution is 5.97. The van der Waals surface area contributed by atoms with Crippen LogP contribution >= 0.6 is 0 Å². The van der Waals surface area contributed by atoms with Gasteiger partial charge in [-0.3, -0.25) is 0 Å². The molecule has 0 aliphatic carbocycles. The van der Waals surface area contributed by atoms with Gasteiger partial charge < -0.3 is 10.1 Å². The zero-order valence-electron chi connectivity index (χ0n) is 21.1. The maximum Gasteiger partial charge on any atom is 0.355 e. The van der Waals surface area contributed by atoms with Crippen LogP contribution in [0.1, 0.15) is 37.6 Å². The minimum absolute atomic E-state index is 0.202. The molecule has 0 aliphatic heterocycles. The normalized spacial score (nSPS) is 11.5. The highest BCUT2D eigenvalue weighted by Crippen LogP contribution is 2.25. The van der Waals surface area contributed by atoms with E-state index in [-0.39, 0.29) is 5.70 Å². The molecule has 3 aromatic carbocycles. The molecule has 4 aromatic rings. The largest absolute Gasteiger partial charge is 0.455 e. The summed E-state index contributed by atoms with van der Waals surface area (Å²) in [6, 6.07) is 26.9. The van der Waals surface area contributed by atoms with Gasteiger partial charge in [0.05, 0.1) is 24.2 Å². The number of aromatic nitrogens is 2. The SMILES string of the molecule is [C-]#[N+]c1cccc(/C=C(/Nc2ncc(-c3ccccc3)nc2Cc2ccccc2)C(=O)OC(C)(C)C)c1. The van der Waals surface area contributed by atoms with Crippen LogP contribution in [-0.2, 0) is 16.0 Å². The first-order valence-electron chi connectivity index (χ1n) is 12.0. The fraction of sp³-hybridized carbons (Fsp3) is 0.161. The highest BCUT2D eigenvalue weighted by Gasteiger charge is 2.22. The summed E-state index contributed by atoms with van der Waals surface area (Å²) in [5.74, 6) is -0.0673. The van der Waals surface area contributed by atoms with E-state index in [0.29, 0.717) is 29.2 Å². The first-order valence-corrected chi connectivity index (χ1v) is 12.0. The van der Waals surface area contributed by atoms with Gasteiger partial charge in [0, 0.05) is 12.0 Å². The Balaban J connectivity index is 1.77. The minimum atomic E-state index is -0.689. The van der Waals surface area contributed by atoms with Crippen molar-refractivity contribution in [2.24, 2.45) is 0 Å². The van der Waals surface area contributed by atoms with Crippen molar-refractivity contribution in [1.82, 2.24) is 9.97 Å². The van der Waals surface area contributed by atoms with Crippen LogP contribution in [0.2, 0.25) is 0 Å². The number of carbonyl (C=O) groups is 1. The molecule has 4 rings (SSSR count). The van der Waals surface area contributed by atoms with E-state index in [4.69, 9.17) is 16.3 Å². The van der Waals surface area contributed by atoms with Gasteiger partial charge in [-0.25, -0.2) is 19.6 Å². The van der Waals surface area contributed by atoms with Crippen molar-refractivity contribution in [3.8, 4) is 11.3 Å². The fourth-order valence-corrected chi connectivity index (χ4v) is 3.65. The molecular formula is C31H28N4O2. The molecule has 1 N–H and O–H groups in total. The number of nitrogens with zero attached hydrogens (tertiary/aromatic N) is 3. The Bertz CT molecular complexity index is 1450. The van der Waals surface area contributed by atoms with Gasteiger partial charge in [-0.05, 0) is 44.0 Å². The van der Waals surface area contributed by atoms with Gasteiger partial charge in [0.25, 0.3) is 0 Å². The average Bonchev–Trinajstić information content (AvgIpc) is 2.89. The van der Waals surface area contributed by atoms with E-state index in [1.807, 2.05) is 87.5 Å². The summed E-state index contributed by atoms with van der Waals surface area (Å²) in [6.45, 7) is 12.8. The number of rotatable bonds is 7. The van der Waals surface area contributed by atoms with Gasteiger partial charge in [0.2, 0.25) is 0 Å². The monoisotopic (exact) mass is 488 g/mol. The molecule has 0 saturated carbocycles. The minimum Gasteiger partial charge on any atom is -0.455 e. The molecular weight excluding hydrogens is 460 g/mol. The third kappa shape index (κ3) is 7.12. The van der Waals surface area contributed by atoms with E-state index in [2.05, 4.69) is 15.1 Å². The lowest BCUT2D eigenvalue weighted by Gasteiger charge is -2.21. The van der Waals surface area contributed by atoms with Crippen LogP contribution in [0.15, 0.2) is 96.8 Å². The number of anilines is 1. The standard InChI is InChI=1S/C31H28N4O2/c1-31(2,3)37-30(36)27(20-23-14-11-17-25(18-23)32-4)35-29-26(19-22-12-7-5-8-13-22)34-28(21-33-29)24-15-9-6-10-16-24/h5-18,20-21H,19H2,1-3H3,(H,33,35)/b27-20+. The quantitative estimate of drug-likeness (QED) is 0.171. The molecule has 1 aromatic heterocycles. The average molecular weight is 489 g/mol. The molecule has 0 fully saturated rings. The van der Waals surface area contributed by atoms with E-state index in [1.165, 1.54) is 0 Å². The molecule has 0 amide bonds. The van der Waals surface area contributed by atoms with E-state index in [1.54, 1.807) is 30.5 Å². The van der Waals surface area contributed by atoms with Crippen LogP contribution in [0, 0.1) is 6.57 Å². The first-order chi connectivity index (χ1) is 17.8. The summed E-state index contributed by atoms with van der Waals surface area (Å²) in [5.41, 5.74) is 4.14. The van der Waals surface area contributed by atoms with Crippen molar-refractivity contribution < 1.29 is 9.53 Å². The van der Waals surface area contributed by atoms with Crippen molar-refractivity contribution in [1.29, 1.82) is 0 Å². The van der Waals surface area contributed by atoms with Crippen LogP contribution in [0.4, 0.5) is 11.5 Å². The number of benzene rings is 3. The topological polar surface area (TPSA) is 68.5 Å². The third-order valence-electron chi connectivity index (χ3n) is 5.31. The molecule has 0 saturated heterocycles. The number of hydrogen-bond acceptors (Lipinski definition) is 5. The first kappa shape index (κ1) is 25.3. The van der Waals surface area contributed by atoms with Gasteiger partial charge in [0.15, 0.2) is 11.5 Å². The predicted octanol–water partition coefficient (Wildman–Crippen LogP) is 7.08. The Morgan fingerprint density at radius 3 is 2.38 bits per heavy atom. The van der Waals surface area contributed by atoms with Crippen LogP contribution in [0.5, 0.6) is 0 Å². The molecule has 0 bridgehead atoms. The molecule has 0 unspecified atom stereocenters. The second-order valence-corrected chi connectivity index (χ2v) is 9.47. The van der Waals surface area contributed by atoms with E-state index in [0.717, 1.165) is 16.8 Å². The lowest BCUT2D eigenvalue weighted by Crippen LogP contribution is -2.27. The second kappa shape index (κ2) is 11.3. The number of esters is 1. The molecule has 0 spiro atoms. The van der Waals surface area contributed by atoms with Crippen molar-refractivity contribution in [2.45, 2.75) is 32.8 Å². The van der Waals surface area contributed by atoms with Crippen molar-refractivity contribution in [3.05, 3.63) is 125 Å². The maximum absolute atomic E-state index is 13.2. The second-order valence-electron chi connectivity index (χ2n) is 9.47. The van der Waals surface area contributed by atoms with Crippen molar-refractivity contribution in [3.63, 3.8) is 0 Å². The fourth-order valence-electron chi connectivity index (χ4n) is 3.65.